The molecule has 0 aliphatic carbocycles. The zero-order chi connectivity index (χ0) is 23.7. The zero-order valence-corrected chi connectivity index (χ0v) is 20.3. The molecule has 0 saturated carbocycles. The van der Waals surface area contributed by atoms with E-state index in [1.165, 1.54) is 11.1 Å². The number of thioether (sulfide) groups is 1. The van der Waals surface area contributed by atoms with Crippen LogP contribution in [0.3, 0.4) is 0 Å². The van der Waals surface area contributed by atoms with Gasteiger partial charge in [0.15, 0.2) is 16.8 Å². The number of nitrogens with zero attached hydrogens (tertiary/aromatic N) is 8. The Kier molecular flexibility index (Phi) is 5.93. The molecule has 170 valence electrons. The van der Waals surface area contributed by atoms with Crippen LogP contribution in [0, 0.1) is 27.7 Å². The van der Waals surface area contributed by atoms with Crippen molar-refractivity contribution >= 4 is 11.8 Å². The summed E-state index contributed by atoms with van der Waals surface area (Å²) in [6.45, 7) is 8.36. The van der Waals surface area contributed by atoms with Crippen molar-refractivity contribution in [3.05, 3.63) is 89.0 Å². The Bertz CT molecular complexity index is 1440. The predicted octanol–water partition coefficient (Wildman–Crippen LogP) is 4.83. The molecule has 5 rings (SSSR count). The van der Waals surface area contributed by atoms with Crippen molar-refractivity contribution in [1.29, 1.82) is 0 Å². The van der Waals surface area contributed by atoms with E-state index in [1.807, 2.05) is 22.9 Å². The molecule has 5 aromatic rings. The van der Waals surface area contributed by atoms with E-state index < -0.39 is 0 Å². The van der Waals surface area contributed by atoms with Crippen LogP contribution in [0.1, 0.15) is 28.1 Å². The second-order valence-electron chi connectivity index (χ2n) is 8.18. The van der Waals surface area contributed by atoms with Crippen molar-refractivity contribution < 1.29 is 0 Å². The number of hydrogen-bond acceptors (Lipinski definition) is 7. The molecule has 0 radical (unpaired) electrons. The normalized spacial score (nSPS) is 11.2. The molecule has 0 N–H and O–H groups in total. The van der Waals surface area contributed by atoms with Crippen LogP contribution in [0.2, 0.25) is 0 Å². The molecule has 0 unspecified atom stereocenters. The van der Waals surface area contributed by atoms with Gasteiger partial charge in [-0.1, -0.05) is 36.0 Å². The van der Waals surface area contributed by atoms with Gasteiger partial charge in [0.1, 0.15) is 0 Å². The molecule has 2 aromatic carbocycles. The third-order valence-electron chi connectivity index (χ3n) is 5.84. The number of aryl methyl sites for hydroxylation is 4. The molecule has 3 aromatic heterocycles. The van der Waals surface area contributed by atoms with E-state index in [4.69, 9.17) is 0 Å². The lowest BCUT2D eigenvalue weighted by molar-refractivity contribution is 0.768. The topological polar surface area (TPSA) is 87.2 Å². The average Bonchev–Trinajstić information content (AvgIpc) is 3.47. The lowest BCUT2D eigenvalue weighted by Gasteiger charge is -2.13. The van der Waals surface area contributed by atoms with Crippen LogP contribution >= 0.6 is 11.8 Å². The van der Waals surface area contributed by atoms with Crippen LogP contribution in [-0.4, -0.2) is 40.0 Å². The summed E-state index contributed by atoms with van der Waals surface area (Å²) in [4.78, 5) is 4.14. The van der Waals surface area contributed by atoms with Crippen molar-refractivity contribution in [2.45, 2.75) is 38.6 Å². The number of benzene rings is 2. The third-order valence-corrected chi connectivity index (χ3v) is 6.76. The van der Waals surface area contributed by atoms with Gasteiger partial charge in [-0.25, -0.2) is 0 Å². The monoisotopic (exact) mass is 468 g/mol. The molecule has 0 spiro atoms. The second-order valence-corrected chi connectivity index (χ2v) is 9.12. The van der Waals surface area contributed by atoms with Crippen molar-refractivity contribution in [1.82, 2.24) is 40.0 Å². The maximum atomic E-state index is 4.54. The van der Waals surface area contributed by atoms with Crippen LogP contribution in [-0.2, 0) is 5.75 Å². The molecule has 0 aliphatic heterocycles. The standard InChI is InChI=1S/C25H24N8S/c1-16-8-9-21(14-19(16)4)32-24(20-10-12-26-13-11-20)28-29-25(32)34-15-22-27-30-31-33(22)23-17(2)6-5-7-18(23)3/h5-14H,15H2,1-4H3. The fourth-order valence-corrected chi connectivity index (χ4v) is 4.74. The predicted molar refractivity (Wildman–Crippen MR) is 132 cm³/mol. The van der Waals surface area contributed by atoms with Crippen LogP contribution in [0.4, 0.5) is 0 Å². The van der Waals surface area contributed by atoms with Gasteiger partial charge < -0.3 is 0 Å². The van der Waals surface area contributed by atoms with Crippen LogP contribution in [0.15, 0.2) is 66.1 Å². The molecule has 0 aliphatic rings. The molecule has 34 heavy (non-hydrogen) atoms. The van der Waals surface area contributed by atoms with Gasteiger partial charge in [-0.2, -0.15) is 4.68 Å². The summed E-state index contributed by atoms with van der Waals surface area (Å²) in [5.41, 5.74) is 7.67. The third kappa shape index (κ3) is 4.10. The van der Waals surface area contributed by atoms with Gasteiger partial charge in [0, 0.05) is 18.0 Å². The molecule has 3 heterocycles. The highest BCUT2D eigenvalue weighted by Crippen LogP contribution is 2.30. The first-order chi connectivity index (χ1) is 16.5. The van der Waals surface area contributed by atoms with Gasteiger partial charge in [-0.3, -0.25) is 9.55 Å². The molecule has 0 saturated heterocycles. The van der Waals surface area contributed by atoms with E-state index in [-0.39, 0.29) is 0 Å². The first-order valence-electron chi connectivity index (χ1n) is 10.9. The Morgan fingerprint density at radius 2 is 1.56 bits per heavy atom. The molecule has 0 atom stereocenters. The maximum absolute atomic E-state index is 4.54. The Hall–Kier alpha value is -3.85. The van der Waals surface area contributed by atoms with E-state index in [0.717, 1.165) is 44.9 Å². The average molecular weight is 469 g/mol. The van der Waals surface area contributed by atoms with Gasteiger partial charge in [0.05, 0.1) is 17.1 Å². The van der Waals surface area contributed by atoms with Crippen molar-refractivity contribution in [2.75, 3.05) is 0 Å². The van der Waals surface area contributed by atoms with Gasteiger partial charge in [-0.05, 0) is 84.6 Å². The smallest absolute Gasteiger partial charge is 0.196 e. The summed E-state index contributed by atoms with van der Waals surface area (Å²) in [5.74, 6) is 2.06. The summed E-state index contributed by atoms with van der Waals surface area (Å²) in [7, 11) is 0. The highest BCUT2D eigenvalue weighted by molar-refractivity contribution is 7.98. The number of para-hydroxylation sites is 1. The fourth-order valence-electron chi connectivity index (χ4n) is 3.89. The molecule has 8 nitrogen and oxygen atoms in total. The van der Waals surface area contributed by atoms with Crippen LogP contribution in [0.25, 0.3) is 22.8 Å². The fraction of sp³-hybridized carbons (Fsp3) is 0.200. The minimum Gasteiger partial charge on any atom is -0.270 e. The minimum atomic E-state index is 0.542. The van der Waals surface area contributed by atoms with Gasteiger partial charge in [0.2, 0.25) is 0 Å². The first kappa shape index (κ1) is 22.0. The number of pyridine rings is 1. The van der Waals surface area contributed by atoms with Gasteiger partial charge in [-0.15, -0.1) is 15.3 Å². The first-order valence-corrected chi connectivity index (χ1v) is 11.9. The Morgan fingerprint density at radius 1 is 0.794 bits per heavy atom. The largest absolute Gasteiger partial charge is 0.270 e. The Morgan fingerprint density at radius 3 is 2.29 bits per heavy atom. The molecular weight excluding hydrogens is 444 g/mol. The number of aromatic nitrogens is 8. The summed E-state index contributed by atoms with van der Waals surface area (Å²) in [6, 6.07) is 16.4. The van der Waals surface area contributed by atoms with Crippen molar-refractivity contribution in [2.24, 2.45) is 0 Å². The lowest BCUT2D eigenvalue weighted by atomic mass is 10.1. The van der Waals surface area contributed by atoms with Crippen LogP contribution in [0.5, 0.6) is 0 Å². The minimum absolute atomic E-state index is 0.542. The molecule has 0 bridgehead atoms. The summed E-state index contributed by atoms with van der Waals surface area (Å²) < 4.78 is 3.90. The summed E-state index contributed by atoms with van der Waals surface area (Å²) >= 11 is 1.56. The van der Waals surface area contributed by atoms with Crippen molar-refractivity contribution in [3.63, 3.8) is 0 Å². The number of tetrazole rings is 1. The Balaban J connectivity index is 1.53. The lowest BCUT2D eigenvalue weighted by Crippen LogP contribution is -2.07. The van der Waals surface area contributed by atoms with E-state index in [2.05, 4.69) is 93.3 Å². The number of hydrogen-bond donors (Lipinski definition) is 0. The van der Waals surface area contributed by atoms with E-state index >= 15 is 0 Å². The van der Waals surface area contributed by atoms with Crippen molar-refractivity contribution in [3.8, 4) is 22.8 Å². The number of rotatable bonds is 6. The SMILES string of the molecule is Cc1ccc(-n2c(SCc3nnnn3-c3c(C)cccc3C)nnc2-c2ccncc2)cc1C. The van der Waals surface area contributed by atoms with E-state index in [9.17, 15) is 0 Å². The van der Waals surface area contributed by atoms with Gasteiger partial charge >= 0.3 is 0 Å². The maximum Gasteiger partial charge on any atom is 0.196 e. The van der Waals surface area contributed by atoms with Gasteiger partial charge in [0.25, 0.3) is 0 Å². The molecule has 0 amide bonds. The molecular formula is C25H24N8S. The second kappa shape index (κ2) is 9.18. The van der Waals surface area contributed by atoms with Crippen LogP contribution < -0.4 is 0 Å². The highest BCUT2D eigenvalue weighted by atomic mass is 32.2. The Labute approximate surface area is 202 Å². The highest BCUT2D eigenvalue weighted by Gasteiger charge is 2.19. The quantitative estimate of drug-likeness (QED) is 0.330. The summed E-state index contributed by atoms with van der Waals surface area (Å²) in [6.07, 6.45) is 3.53. The van der Waals surface area contributed by atoms with E-state index in [1.54, 1.807) is 24.2 Å². The molecule has 9 heteroatoms. The molecule has 0 fully saturated rings. The van der Waals surface area contributed by atoms with E-state index in [0.29, 0.717) is 5.75 Å². The zero-order valence-electron chi connectivity index (χ0n) is 19.5. The summed E-state index contributed by atoms with van der Waals surface area (Å²) in [5, 5.41) is 22.3.